The Balaban J connectivity index is 1.66. The Kier molecular flexibility index (Phi) is 4.10. The van der Waals surface area contributed by atoms with E-state index in [1.807, 2.05) is 24.5 Å². The average Bonchev–Trinajstić information content (AvgIpc) is 3.42. The number of nitrogen functional groups attached to an aromatic ring is 1. The van der Waals surface area contributed by atoms with Gasteiger partial charge in [-0.05, 0) is 18.9 Å². The molecular weight excluding hydrogens is 358 g/mol. The highest BCUT2D eigenvalue weighted by molar-refractivity contribution is 7.21. The zero-order valence-corrected chi connectivity index (χ0v) is 15.5. The molecule has 1 atom stereocenters. The molecular formula is C20H19N5OS. The minimum atomic E-state index is 0.237. The Morgan fingerprint density at radius 1 is 1.19 bits per heavy atom. The van der Waals surface area contributed by atoms with Gasteiger partial charge in [0.05, 0.1) is 40.6 Å². The first-order valence-corrected chi connectivity index (χ1v) is 9.84. The number of rotatable bonds is 4. The van der Waals surface area contributed by atoms with Gasteiger partial charge in [0.1, 0.15) is 17.0 Å². The van der Waals surface area contributed by atoms with Gasteiger partial charge in [-0.3, -0.25) is 0 Å². The molecule has 1 aliphatic rings. The zero-order chi connectivity index (χ0) is 18.2. The number of benzene rings is 1. The van der Waals surface area contributed by atoms with Gasteiger partial charge in [0, 0.05) is 12.2 Å². The summed E-state index contributed by atoms with van der Waals surface area (Å²) < 4.78 is 8.05. The van der Waals surface area contributed by atoms with Crippen LogP contribution in [0.1, 0.15) is 12.8 Å². The molecule has 1 aliphatic heterocycles. The van der Waals surface area contributed by atoms with Crippen LogP contribution in [0.5, 0.6) is 0 Å². The van der Waals surface area contributed by atoms with Crippen molar-refractivity contribution in [1.82, 2.24) is 19.5 Å². The van der Waals surface area contributed by atoms with Crippen LogP contribution in [0, 0.1) is 0 Å². The first-order chi connectivity index (χ1) is 13.3. The smallest absolute Gasteiger partial charge is 0.135 e. The van der Waals surface area contributed by atoms with Gasteiger partial charge in [0.15, 0.2) is 0 Å². The molecule has 3 aromatic heterocycles. The van der Waals surface area contributed by atoms with Gasteiger partial charge in [-0.1, -0.05) is 30.3 Å². The second-order valence-corrected chi connectivity index (χ2v) is 7.71. The molecule has 0 saturated carbocycles. The lowest BCUT2D eigenvalue weighted by molar-refractivity contribution is 0.0973. The third-order valence-electron chi connectivity index (χ3n) is 4.90. The van der Waals surface area contributed by atoms with E-state index < -0.39 is 0 Å². The standard InChI is InChI=1S/C20H19N5OS/c21-19-15-9-16(27-20(15)23-11-22-19)18-17(13-5-2-1-3-6-13)24-12-25(18)10-14-7-4-8-26-14/h1-3,5-6,9,11-12,14H,4,7-8,10H2,(H2,21,22,23). The van der Waals surface area contributed by atoms with E-state index in [4.69, 9.17) is 15.5 Å². The van der Waals surface area contributed by atoms with Crippen molar-refractivity contribution < 1.29 is 4.74 Å². The summed E-state index contributed by atoms with van der Waals surface area (Å²) >= 11 is 1.62. The summed E-state index contributed by atoms with van der Waals surface area (Å²) in [4.78, 5) is 15.2. The van der Waals surface area contributed by atoms with E-state index in [9.17, 15) is 0 Å². The number of aromatic nitrogens is 4. The highest BCUT2D eigenvalue weighted by atomic mass is 32.1. The lowest BCUT2D eigenvalue weighted by Gasteiger charge is -2.13. The van der Waals surface area contributed by atoms with Crippen molar-refractivity contribution in [2.24, 2.45) is 0 Å². The Bertz CT molecular complexity index is 1080. The number of nitrogens with zero attached hydrogens (tertiary/aromatic N) is 4. The zero-order valence-electron chi connectivity index (χ0n) is 14.7. The Morgan fingerprint density at radius 2 is 2.07 bits per heavy atom. The summed E-state index contributed by atoms with van der Waals surface area (Å²) in [5, 5.41) is 0.890. The molecule has 0 amide bonds. The van der Waals surface area contributed by atoms with Crippen molar-refractivity contribution in [3.05, 3.63) is 49.1 Å². The van der Waals surface area contributed by atoms with E-state index in [1.165, 1.54) is 6.33 Å². The van der Waals surface area contributed by atoms with Crippen LogP contribution in [-0.2, 0) is 11.3 Å². The molecule has 1 saturated heterocycles. The van der Waals surface area contributed by atoms with Crippen molar-refractivity contribution in [1.29, 1.82) is 0 Å². The lowest BCUT2D eigenvalue weighted by atomic mass is 10.1. The summed E-state index contributed by atoms with van der Waals surface area (Å²) in [5.74, 6) is 0.508. The SMILES string of the molecule is Nc1ncnc2sc(-c3c(-c4ccccc4)ncn3CC3CCCO3)cc12. The molecule has 0 radical (unpaired) electrons. The van der Waals surface area contributed by atoms with Crippen molar-refractivity contribution in [2.45, 2.75) is 25.5 Å². The van der Waals surface area contributed by atoms with E-state index in [0.717, 1.165) is 58.0 Å². The molecule has 1 fully saturated rings. The second-order valence-electron chi connectivity index (χ2n) is 6.68. The molecule has 27 heavy (non-hydrogen) atoms. The Labute approximate surface area is 160 Å². The van der Waals surface area contributed by atoms with Gasteiger partial charge in [-0.25, -0.2) is 15.0 Å². The number of imidazole rings is 1. The molecule has 5 rings (SSSR count). The van der Waals surface area contributed by atoms with Crippen LogP contribution in [0.25, 0.3) is 32.0 Å². The van der Waals surface area contributed by atoms with Crippen molar-refractivity contribution in [3.63, 3.8) is 0 Å². The first kappa shape index (κ1) is 16.4. The number of hydrogen-bond acceptors (Lipinski definition) is 6. The molecule has 4 aromatic rings. The fraction of sp³-hybridized carbons (Fsp3) is 0.250. The van der Waals surface area contributed by atoms with Crippen LogP contribution in [0.15, 0.2) is 49.1 Å². The Morgan fingerprint density at radius 3 is 2.85 bits per heavy atom. The van der Waals surface area contributed by atoms with E-state index in [2.05, 4.69) is 32.7 Å². The molecule has 0 spiro atoms. The first-order valence-electron chi connectivity index (χ1n) is 9.02. The lowest BCUT2D eigenvalue weighted by Crippen LogP contribution is -2.14. The van der Waals surface area contributed by atoms with Crippen LogP contribution in [0.3, 0.4) is 0 Å². The minimum Gasteiger partial charge on any atom is -0.383 e. The summed E-state index contributed by atoms with van der Waals surface area (Å²) in [7, 11) is 0. The van der Waals surface area contributed by atoms with Crippen LogP contribution in [0.2, 0.25) is 0 Å². The summed E-state index contributed by atoms with van der Waals surface area (Å²) in [6.07, 6.45) is 5.87. The predicted molar refractivity (Wildman–Crippen MR) is 107 cm³/mol. The van der Waals surface area contributed by atoms with Crippen molar-refractivity contribution in [3.8, 4) is 21.8 Å². The maximum absolute atomic E-state index is 6.06. The number of nitrogens with two attached hydrogens (primary N) is 1. The molecule has 0 aliphatic carbocycles. The van der Waals surface area contributed by atoms with Gasteiger partial charge in [0.25, 0.3) is 0 Å². The van der Waals surface area contributed by atoms with Gasteiger partial charge < -0.3 is 15.0 Å². The molecule has 6 nitrogen and oxygen atoms in total. The van der Waals surface area contributed by atoms with Gasteiger partial charge in [-0.2, -0.15) is 0 Å². The van der Waals surface area contributed by atoms with E-state index in [0.29, 0.717) is 5.82 Å². The number of fused-ring (bicyclic) bond motifs is 1. The van der Waals surface area contributed by atoms with Crippen LogP contribution >= 0.6 is 11.3 Å². The summed E-state index contributed by atoms with van der Waals surface area (Å²) in [6.45, 7) is 1.64. The monoisotopic (exact) mass is 377 g/mol. The maximum Gasteiger partial charge on any atom is 0.135 e. The number of hydrogen-bond donors (Lipinski definition) is 1. The third kappa shape index (κ3) is 2.98. The van der Waals surface area contributed by atoms with Crippen molar-refractivity contribution in [2.75, 3.05) is 12.3 Å². The summed E-state index contributed by atoms with van der Waals surface area (Å²) in [6, 6.07) is 12.3. The van der Waals surface area contributed by atoms with Gasteiger partial charge >= 0.3 is 0 Å². The van der Waals surface area contributed by atoms with E-state index in [-0.39, 0.29) is 6.10 Å². The predicted octanol–water partition coefficient (Wildman–Crippen LogP) is 3.98. The topological polar surface area (TPSA) is 78.9 Å². The van der Waals surface area contributed by atoms with Crippen LogP contribution in [-0.4, -0.2) is 32.2 Å². The molecule has 2 N–H and O–H groups in total. The van der Waals surface area contributed by atoms with Gasteiger partial charge in [0.2, 0.25) is 0 Å². The fourth-order valence-corrected chi connectivity index (χ4v) is 4.65. The number of anilines is 1. The summed E-state index contributed by atoms with van der Waals surface area (Å²) in [5.41, 5.74) is 9.20. The van der Waals surface area contributed by atoms with Crippen LogP contribution < -0.4 is 5.73 Å². The van der Waals surface area contributed by atoms with E-state index in [1.54, 1.807) is 11.3 Å². The second kappa shape index (κ2) is 6.75. The molecule has 7 heteroatoms. The molecule has 1 unspecified atom stereocenters. The molecule has 0 bridgehead atoms. The maximum atomic E-state index is 6.06. The quantitative estimate of drug-likeness (QED) is 0.582. The molecule has 136 valence electrons. The highest BCUT2D eigenvalue weighted by Crippen LogP contribution is 2.39. The normalized spacial score (nSPS) is 17.0. The Hall–Kier alpha value is -2.77. The highest BCUT2D eigenvalue weighted by Gasteiger charge is 2.22. The number of thiophene rings is 1. The van der Waals surface area contributed by atoms with Crippen molar-refractivity contribution >= 4 is 27.4 Å². The van der Waals surface area contributed by atoms with Crippen LogP contribution in [0.4, 0.5) is 5.82 Å². The third-order valence-corrected chi connectivity index (χ3v) is 5.95. The van der Waals surface area contributed by atoms with Gasteiger partial charge in [-0.15, -0.1) is 11.3 Å². The van der Waals surface area contributed by atoms with E-state index >= 15 is 0 Å². The average molecular weight is 377 g/mol. The largest absolute Gasteiger partial charge is 0.383 e. The molecule has 4 heterocycles. The molecule has 1 aromatic carbocycles. The number of ether oxygens (including phenoxy) is 1. The minimum absolute atomic E-state index is 0.237. The fourth-order valence-electron chi connectivity index (χ4n) is 3.58.